The third-order valence-electron chi connectivity index (χ3n) is 23.6. The SMILES string of the molecule is CC1(C)c2cc(-c3ccccc3)ccc2-c2ccc(-c3ccc4c(-c5ccc(-c6ccccc6)cc5)c5ccccc5c(-c5ccc(-c6ccccc6)cc5)c4c3)cc21.Cc1ccc(-c2c3ccccc3c(-c3ccc(-c4ccccc4)cc3)c3ccc(-c4c5ccccc5c(-c5ccccc5)c5ccccc45)cc23)cc1. The molecule has 20 aromatic carbocycles. The fourth-order valence-electron chi connectivity index (χ4n) is 18.1. The van der Waals surface area contributed by atoms with Gasteiger partial charge in [0.15, 0.2) is 0 Å². The molecule has 0 heterocycles. The normalized spacial score (nSPS) is 12.1. The van der Waals surface area contributed by atoms with Gasteiger partial charge < -0.3 is 0 Å². The topological polar surface area (TPSA) is 0 Å². The molecule has 0 N–H and O–H groups in total. The van der Waals surface area contributed by atoms with E-state index in [0.29, 0.717) is 0 Å². The molecule has 0 fully saturated rings. The van der Waals surface area contributed by atoms with Gasteiger partial charge in [-0.05, 0) is 240 Å². The number of hydrogen-bond acceptors (Lipinski definition) is 0. The molecule has 0 bridgehead atoms. The Bertz CT molecular complexity index is 6920. The van der Waals surface area contributed by atoms with Crippen LogP contribution in [-0.2, 0) is 5.41 Å². The smallest absolute Gasteiger partial charge is 0.0159 e. The van der Waals surface area contributed by atoms with E-state index in [0.717, 1.165) is 0 Å². The van der Waals surface area contributed by atoms with Gasteiger partial charge in [0.1, 0.15) is 0 Å². The molecular weight excluding hydrogens is 1350 g/mol. The van der Waals surface area contributed by atoms with Crippen molar-refractivity contribution in [1.29, 1.82) is 0 Å². The lowest BCUT2D eigenvalue weighted by Gasteiger charge is -2.23. The lowest BCUT2D eigenvalue weighted by atomic mass is 9.80. The van der Waals surface area contributed by atoms with Crippen molar-refractivity contribution in [3.8, 4) is 134 Å². The van der Waals surface area contributed by atoms with Crippen LogP contribution in [0.2, 0.25) is 0 Å². The minimum absolute atomic E-state index is 0.136. The molecular formula is C112H78. The maximum atomic E-state index is 2.47. The number of hydrogen-bond donors (Lipinski definition) is 0. The molecule has 0 aliphatic heterocycles. The molecule has 0 atom stereocenters. The second-order valence-corrected chi connectivity index (χ2v) is 30.5. The molecule has 0 unspecified atom stereocenters. The summed E-state index contributed by atoms with van der Waals surface area (Å²) in [6.45, 7) is 6.93. The summed E-state index contributed by atoms with van der Waals surface area (Å²) in [5, 5.41) is 15.1. The Kier molecular flexibility index (Phi) is 16.9. The van der Waals surface area contributed by atoms with Crippen molar-refractivity contribution in [3.63, 3.8) is 0 Å². The van der Waals surface area contributed by atoms with E-state index >= 15 is 0 Å². The minimum Gasteiger partial charge on any atom is -0.0622 e. The van der Waals surface area contributed by atoms with Gasteiger partial charge in [0.2, 0.25) is 0 Å². The number of fused-ring (bicyclic) bond motifs is 9. The van der Waals surface area contributed by atoms with Gasteiger partial charge in [-0.15, -0.1) is 0 Å². The van der Waals surface area contributed by atoms with Crippen molar-refractivity contribution < 1.29 is 0 Å². The second-order valence-electron chi connectivity index (χ2n) is 30.5. The number of benzene rings is 20. The molecule has 0 saturated carbocycles. The molecule has 0 heteroatoms. The van der Waals surface area contributed by atoms with Crippen LogP contribution in [0.25, 0.3) is 198 Å². The summed E-state index contributed by atoms with van der Waals surface area (Å²) < 4.78 is 0. The maximum absolute atomic E-state index is 2.47. The van der Waals surface area contributed by atoms with E-state index < -0.39 is 0 Å². The molecule has 0 aromatic heterocycles. The summed E-state index contributed by atoms with van der Waals surface area (Å²) in [6.07, 6.45) is 0. The summed E-state index contributed by atoms with van der Waals surface area (Å²) in [5.74, 6) is 0. The van der Waals surface area contributed by atoms with Crippen LogP contribution in [0.15, 0.2) is 419 Å². The average molecular weight is 1420 g/mol. The zero-order chi connectivity index (χ0) is 74.8. The molecule has 1 aliphatic rings. The first-order valence-corrected chi connectivity index (χ1v) is 39.1. The Morgan fingerprint density at radius 1 is 0.143 bits per heavy atom. The fourth-order valence-corrected chi connectivity index (χ4v) is 18.1. The molecule has 20 aromatic rings. The lowest BCUT2D eigenvalue weighted by Crippen LogP contribution is -2.15. The van der Waals surface area contributed by atoms with E-state index in [1.165, 1.54) is 215 Å². The number of aryl methyl sites for hydroxylation is 1. The Balaban J connectivity index is 0.000000147. The Labute approximate surface area is 655 Å². The zero-order valence-corrected chi connectivity index (χ0v) is 62.8. The third-order valence-corrected chi connectivity index (χ3v) is 23.6. The van der Waals surface area contributed by atoms with Crippen LogP contribution in [0.3, 0.4) is 0 Å². The summed E-state index contributed by atoms with van der Waals surface area (Å²) in [5.41, 5.74) is 33.9. The van der Waals surface area contributed by atoms with Crippen molar-refractivity contribution in [2.24, 2.45) is 0 Å². The fraction of sp³-hybridized carbons (Fsp3) is 0.0357. The highest BCUT2D eigenvalue weighted by atomic mass is 14.4. The van der Waals surface area contributed by atoms with Gasteiger partial charge in [-0.2, -0.15) is 0 Å². The van der Waals surface area contributed by atoms with Crippen LogP contribution in [0.1, 0.15) is 30.5 Å². The van der Waals surface area contributed by atoms with Crippen LogP contribution < -0.4 is 0 Å². The van der Waals surface area contributed by atoms with Gasteiger partial charge in [0, 0.05) is 5.41 Å². The van der Waals surface area contributed by atoms with Crippen molar-refractivity contribution in [2.75, 3.05) is 0 Å². The van der Waals surface area contributed by atoms with Crippen molar-refractivity contribution in [2.45, 2.75) is 26.2 Å². The van der Waals surface area contributed by atoms with Crippen molar-refractivity contribution in [3.05, 3.63) is 435 Å². The van der Waals surface area contributed by atoms with Crippen molar-refractivity contribution >= 4 is 64.6 Å². The first kappa shape index (κ1) is 67.3. The molecule has 1 aliphatic carbocycles. The summed E-state index contributed by atoms with van der Waals surface area (Å²) in [4.78, 5) is 0. The zero-order valence-electron chi connectivity index (χ0n) is 62.8. The summed E-state index contributed by atoms with van der Waals surface area (Å²) in [7, 11) is 0. The van der Waals surface area contributed by atoms with Gasteiger partial charge in [-0.3, -0.25) is 0 Å². The monoisotopic (exact) mass is 1420 g/mol. The highest BCUT2D eigenvalue weighted by Crippen LogP contribution is 2.54. The van der Waals surface area contributed by atoms with E-state index in [9.17, 15) is 0 Å². The Hall–Kier alpha value is -14.0. The van der Waals surface area contributed by atoms with E-state index in [1.807, 2.05) is 0 Å². The van der Waals surface area contributed by atoms with Gasteiger partial charge in [0.25, 0.3) is 0 Å². The molecule has 112 heavy (non-hydrogen) atoms. The highest BCUT2D eigenvalue weighted by molar-refractivity contribution is 6.26. The summed E-state index contributed by atoms with van der Waals surface area (Å²) >= 11 is 0. The van der Waals surface area contributed by atoms with Crippen LogP contribution in [0, 0.1) is 6.92 Å². The molecule has 21 rings (SSSR count). The quantitative estimate of drug-likeness (QED) is 0.113. The molecule has 0 radical (unpaired) electrons. The molecule has 526 valence electrons. The van der Waals surface area contributed by atoms with Crippen LogP contribution in [-0.4, -0.2) is 0 Å². The molecule has 0 spiro atoms. The van der Waals surface area contributed by atoms with Crippen LogP contribution >= 0.6 is 0 Å². The predicted molar refractivity (Wildman–Crippen MR) is 480 cm³/mol. The Morgan fingerprint density at radius 3 is 0.661 bits per heavy atom. The second kappa shape index (κ2) is 28.2. The van der Waals surface area contributed by atoms with Gasteiger partial charge in [-0.1, -0.05) is 414 Å². The van der Waals surface area contributed by atoms with E-state index in [4.69, 9.17) is 0 Å². The molecule has 0 nitrogen and oxygen atoms in total. The average Bonchev–Trinajstić information content (AvgIpc) is 1.13. The first-order valence-electron chi connectivity index (χ1n) is 39.1. The largest absolute Gasteiger partial charge is 0.0622 e. The summed E-state index contributed by atoms with van der Waals surface area (Å²) in [6, 6.07) is 154. The standard InChI is InChI=1S/C59H42.C53H36/c1-59(2)55-37-47(41-18-10-5-11-19-41)30-33-49(55)50-34-31-48(38-56(50)59)46-32-35-53-54(36-46)58(45-28-24-43(25-29-45)40-16-8-4-9-17-40)52-21-13-12-20-51(52)57(53)44-26-22-42(23-27-44)39-14-6-3-7-15-39;1-35-24-26-39(27-25-35)52-45-21-11-8-18-42(45)51(40-30-28-37(29-31-40)36-14-4-2-5-15-36)48-33-32-41(34-49(48)52)53-46-22-12-9-19-43(46)50(38-16-6-3-7-17-38)44-20-10-13-23-47(44)53/h3-38H,1-2H3;2-34H,1H3. The van der Waals surface area contributed by atoms with E-state index in [1.54, 1.807) is 0 Å². The maximum Gasteiger partial charge on any atom is 0.0159 e. The predicted octanol–water partition coefficient (Wildman–Crippen LogP) is 31.2. The van der Waals surface area contributed by atoms with Gasteiger partial charge >= 0.3 is 0 Å². The van der Waals surface area contributed by atoms with Gasteiger partial charge in [-0.25, -0.2) is 0 Å². The van der Waals surface area contributed by atoms with Crippen molar-refractivity contribution in [1.82, 2.24) is 0 Å². The number of rotatable bonds is 11. The van der Waals surface area contributed by atoms with E-state index in [2.05, 4.69) is 439 Å². The van der Waals surface area contributed by atoms with E-state index in [-0.39, 0.29) is 5.41 Å². The highest BCUT2D eigenvalue weighted by Gasteiger charge is 2.36. The molecule has 0 saturated heterocycles. The first-order chi connectivity index (χ1) is 55.2. The van der Waals surface area contributed by atoms with Gasteiger partial charge in [0.05, 0.1) is 0 Å². The molecule has 0 amide bonds. The lowest BCUT2D eigenvalue weighted by molar-refractivity contribution is 0.661. The third kappa shape index (κ3) is 11.9. The minimum atomic E-state index is -0.136. The van der Waals surface area contributed by atoms with Crippen LogP contribution in [0.5, 0.6) is 0 Å². The van der Waals surface area contributed by atoms with Crippen LogP contribution in [0.4, 0.5) is 0 Å². The Morgan fingerprint density at radius 2 is 0.330 bits per heavy atom.